The predicted molar refractivity (Wildman–Crippen MR) is 105 cm³/mol. The van der Waals surface area contributed by atoms with Gasteiger partial charge in [0.1, 0.15) is 5.82 Å². The molecule has 8 nitrogen and oxygen atoms in total. The molecule has 0 aliphatic heterocycles. The Morgan fingerprint density at radius 2 is 1.83 bits per heavy atom. The van der Waals surface area contributed by atoms with Crippen LogP contribution in [0.1, 0.15) is 36.3 Å². The fraction of sp³-hybridized carbons (Fsp3) is 0.190. The molecule has 2 aromatic carbocycles. The Morgan fingerprint density at radius 3 is 2.53 bits per heavy atom. The molecule has 0 saturated carbocycles. The number of carbonyl (C=O) groups excluding carboxylic acids is 1. The zero-order chi connectivity index (χ0) is 21.3. The van der Waals surface area contributed by atoms with Gasteiger partial charge >= 0.3 is 5.97 Å². The maximum absolute atomic E-state index is 13.0. The second-order valence-corrected chi connectivity index (χ2v) is 6.83. The van der Waals surface area contributed by atoms with Crippen molar-refractivity contribution in [3.8, 4) is 11.4 Å². The van der Waals surface area contributed by atoms with Crippen LogP contribution >= 0.6 is 0 Å². The van der Waals surface area contributed by atoms with Gasteiger partial charge in [-0.2, -0.15) is 10.1 Å². The van der Waals surface area contributed by atoms with E-state index in [2.05, 4.69) is 15.2 Å². The number of carbonyl (C=O) groups is 1. The smallest absolute Gasteiger partial charge is 0.359 e. The highest BCUT2D eigenvalue weighted by Crippen LogP contribution is 2.18. The molecular weight excluding hydrogens is 391 g/mol. The van der Waals surface area contributed by atoms with Gasteiger partial charge in [-0.1, -0.05) is 23.4 Å². The van der Waals surface area contributed by atoms with E-state index >= 15 is 0 Å². The van der Waals surface area contributed by atoms with E-state index in [0.29, 0.717) is 16.3 Å². The quantitative estimate of drug-likeness (QED) is 0.466. The van der Waals surface area contributed by atoms with Crippen LogP contribution < -0.4 is 5.56 Å². The summed E-state index contributed by atoms with van der Waals surface area (Å²) in [4.78, 5) is 29.4. The van der Waals surface area contributed by atoms with E-state index in [-0.39, 0.29) is 41.4 Å². The maximum Gasteiger partial charge on any atom is 0.359 e. The van der Waals surface area contributed by atoms with Crippen LogP contribution in [0.4, 0.5) is 4.39 Å². The van der Waals surface area contributed by atoms with Gasteiger partial charge in [-0.25, -0.2) is 13.9 Å². The van der Waals surface area contributed by atoms with E-state index in [4.69, 9.17) is 9.26 Å². The minimum Gasteiger partial charge on any atom is -0.451 e. The maximum atomic E-state index is 13.0. The molecule has 30 heavy (non-hydrogen) atoms. The normalized spacial score (nSPS) is 11.2. The lowest BCUT2D eigenvalue weighted by atomic mass is 10.1. The fourth-order valence-electron chi connectivity index (χ4n) is 2.93. The highest BCUT2D eigenvalue weighted by molar-refractivity contribution is 6.02. The van der Waals surface area contributed by atoms with E-state index < -0.39 is 5.97 Å². The molecule has 0 spiro atoms. The van der Waals surface area contributed by atoms with Crippen LogP contribution in [0.5, 0.6) is 0 Å². The standard InChI is InChI=1S/C21H17FN4O4/c1-12(2)26-20(27)16-6-4-3-5-15(16)18(24-26)21(28)29-11-17-23-19(25-30-17)13-7-9-14(22)10-8-13/h3-10,12H,11H2,1-2H3. The molecule has 152 valence electrons. The molecule has 0 amide bonds. The van der Waals surface area contributed by atoms with Gasteiger partial charge in [-0.05, 0) is 44.2 Å². The summed E-state index contributed by atoms with van der Waals surface area (Å²) in [5.41, 5.74) is 0.310. The van der Waals surface area contributed by atoms with Crippen LogP contribution in [0.2, 0.25) is 0 Å². The summed E-state index contributed by atoms with van der Waals surface area (Å²) >= 11 is 0. The summed E-state index contributed by atoms with van der Waals surface area (Å²) in [6, 6.07) is 12.1. The third-order valence-corrected chi connectivity index (χ3v) is 4.41. The molecule has 2 heterocycles. The van der Waals surface area contributed by atoms with Crippen LogP contribution in [-0.2, 0) is 11.3 Å². The number of esters is 1. The Labute approximate surface area is 169 Å². The number of hydrogen-bond donors (Lipinski definition) is 0. The van der Waals surface area contributed by atoms with Crippen LogP contribution in [-0.4, -0.2) is 25.9 Å². The number of halogens is 1. The molecule has 2 aromatic heterocycles. The number of fused-ring (bicyclic) bond motifs is 1. The van der Waals surface area contributed by atoms with Crippen LogP contribution in [0, 0.1) is 5.82 Å². The second kappa shape index (κ2) is 7.86. The Kier molecular flexibility index (Phi) is 5.09. The van der Waals surface area contributed by atoms with Gasteiger partial charge in [0.05, 0.1) is 11.4 Å². The van der Waals surface area contributed by atoms with Crippen LogP contribution in [0.15, 0.2) is 57.8 Å². The van der Waals surface area contributed by atoms with Crippen molar-refractivity contribution in [1.82, 2.24) is 19.9 Å². The van der Waals surface area contributed by atoms with E-state index in [1.54, 1.807) is 38.1 Å². The SMILES string of the molecule is CC(C)n1nc(C(=O)OCc2nc(-c3ccc(F)cc3)no2)c2ccccc2c1=O. The number of ether oxygens (including phenoxy) is 1. The van der Waals surface area contributed by atoms with Crippen molar-refractivity contribution in [2.45, 2.75) is 26.5 Å². The molecular formula is C21H17FN4O4. The van der Waals surface area contributed by atoms with Gasteiger partial charge in [0.25, 0.3) is 11.4 Å². The first-order valence-corrected chi connectivity index (χ1v) is 9.21. The lowest BCUT2D eigenvalue weighted by Gasteiger charge is -2.12. The zero-order valence-electron chi connectivity index (χ0n) is 16.2. The third-order valence-electron chi connectivity index (χ3n) is 4.41. The van der Waals surface area contributed by atoms with Crippen LogP contribution in [0.25, 0.3) is 22.2 Å². The van der Waals surface area contributed by atoms with Crippen LogP contribution in [0.3, 0.4) is 0 Å². The van der Waals surface area contributed by atoms with Gasteiger partial charge in [0, 0.05) is 10.9 Å². The fourth-order valence-corrected chi connectivity index (χ4v) is 2.93. The van der Waals surface area contributed by atoms with Crippen molar-refractivity contribution in [3.05, 3.63) is 76.3 Å². The van der Waals surface area contributed by atoms with Crippen molar-refractivity contribution in [3.63, 3.8) is 0 Å². The molecule has 0 unspecified atom stereocenters. The van der Waals surface area contributed by atoms with E-state index in [1.807, 2.05) is 0 Å². The molecule has 4 aromatic rings. The number of aromatic nitrogens is 4. The van der Waals surface area contributed by atoms with Crippen molar-refractivity contribution >= 4 is 16.7 Å². The van der Waals surface area contributed by atoms with Gasteiger partial charge in [-0.15, -0.1) is 0 Å². The molecule has 0 N–H and O–H groups in total. The molecule has 0 saturated heterocycles. The van der Waals surface area contributed by atoms with Gasteiger partial charge < -0.3 is 9.26 Å². The summed E-state index contributed by atoms with van der Waals surface area (Å²) in [6.07, 6.45) is 0. The molecule has 4 rings (SSSR count). The molecule has 0 bridgehead atoms. The Morgan fingerprint density at radius 1 is 1.13 bits per heavy atom. The summed E-state index contributed by atoms with van der Waals surface area (Å²) < 4.78 is 24.7. The predicted octanol–water partition coefficient (Wildman–Crippen LogP) is 3.52. The topological polar surface area (TPSA) is 100 Å². The molecule has 0 aliphatic carbocycles. The summed E-state index contributed by atoms with van der Waals surface area (Å²) in [5.74, 6) is -0.775. The van der Waals surface area contributed by atoms with Crippen molar-refractivity contribution in [2.24, 2.45) is 0 Å². The minimum atomic E-state index is -0.720. The lowest BCUT2D eigenvalue weighted by molar-refractivity contribution is 0.0422. The molecule has 0 fully saturated rings. The third kappa shape index (κ3) is 3.69. The first kappa shape index (κ1) is 19.4. The Hall–Kier alpha value is -3.88. The van der Waals surface area contributed by atoms with Crippen molar-refractivity contribution in [1.29, 1.82) is 0 Å². The molecule has 0 atom stereocenters. The minimum absolute atomic E-state index is 0.0252. The number of nitrogens with zero attached hydrogens (tertiary/aromatic N) is 4. The molecule has 0 radical (unpaired) electrons. The highest BCUT2D eigenvalue weighted by Gasteiger charge is 2.20. The number of rotatable bonds is 5. The van der Waals surface area contributed by atoms with Crippen molar-refractivity contribution in [2.75, 3.05) is 0 Å². The lowest BCUT2D eigenvalue weighted by Crippen LogP contribution is -2.27. The summed E-state index contributed by atoms with van der Waals surface area (Å²) in [6.45, 7) is 3.32. The van der Waals surface area contributed by atoms with Gasteiger partial charge in [-0.3, -0.25) is 4.79 Å². The Balaban J connectivity index is 1.58. The molecule has 0 aliphatic rings. The number of hydrogen-bond acceptors (Lipinski definition) is 7. The average Bonchev–Trinajstić information content (AvgIpc) is 3.22. The highest BCUT2D eigenvalue weighted by atomic mass is 19.1. The monoisotopic (exact) mass is 408 g/mol. The molecule has 9 heteroatoms. The first-order valence-electron chi connectivity index (χ1n) is 9.21. The summed E-state index contributed by atoms with van der Waals surface area (Å²) in [5, 5.41) is 8.79. The van der Waals surface area contributed by atoms with E-state index in [0.717, 1.165) is 0 Å². The van der Waals surface area contributed by atoms with E-state index in [9.17, 15) is 14.0 Å². The Bertz CT molecular complexity index is 1280. The zero-order valence-corrected chi connectivity index (χ0v) is 16.2. The second-order valence-electron chi connectivity index (χ2n) is 6.83. The number of benzene rings is 2. The van der Waals surface area contributed by atoms with Crippen molar-refractivity contribution < 1.29 is 18.4 Å². The largest absolute Gasteiger partial charge is 0.451 e. The average molecular weight is 408 g/mol. The summed E-state index contributed by atoms with van der Waals surface area (Å²) in [7, 11) is 0. The van der Waals surface area contributed by atoms with Gasteiger partial charge in [0.15, 0.2) is 12.3 Å². The first-order chi connectivity index (χ1) is 14.4. The van der Waals surface area contributed by atoms with Gasteiger partial charge in [0.2, 0.25) is 5.82 Å². The van der Waals surface area contributed by atoms with E-state index in [1.165, 1.54) is 28.9 Å².